The average molecular weight is 267 g/mol. The van der Waals surface area contributed by atoms with Crippen molar-refractivity contribution in [1.82, 2.24) is 0 Å². The molecule has 1 aromatic rings. The van der Waals surface area contributed by atoms with E-state index < -0.39 is 0 Å². The summed E-state index contributed by atoms with van der Waals surface area (Å²) in [5.74, 6) is 1.66. The number of allylic oxidation sites excluding steroid dienone is 2. The molecule has 0 aliphatic heterocycles. The minimum atomic E-state index is 0.717. The molecule has 1 fully saturated rings. The summed E-state index contributed by atoms with van der Waals surface area (Å²) in [7, 11) is 0. The van der Waals surface area contributed by atoms with Crippen molar-refractivity contribution in [1.29, 1.82) is 5.26 Å². The number of hydrogen-bond donors (Lipinski definition) is 0. The van der Waals surface area contributed by atoms with Crippen molar-refractivity contribution in [3.63, 3.8) is 0 Å². The van der Waals surface area contributed by atoms with Gasteiger partial charge in [0.15, 0.2) is 0 Å². The first-order valence-corrected chi connectivity index (χ1v) is 7.94. The van der Waals surface area contributed by atoms with Gasteiger partial charge in [-0.2, -0.15) is 5.26 Å². The van der Waals surface area contributed by atoms with Gasteiger partial charge in [-0.3, -0.25) is 0 Å². The fraction of sp³-hybridized carbons (Fsp3) is 0.526. The smallest absolute Gasteiger partial charge is 0.0991 e. The molecule has 0 heterocycles. The maximum atomic E-state index is 8.84. The Morgan fingerprint density at radius 1 is 1.15 bits per heavy atom. The second-order valence-electron chi connectivity index (χ2n) is 5.95. The summed E-state index contributed by atoms with van der Waals surface area (Å²) < 4.78 is 0. The van der Waals surface area contributed by atoms with E-state index >= 15 is 0 Å². The standard InChI is InChI=1S/C19H25N/c1-2-3-4-5-6-16-7-11-18(12-8-16)19-13-9-17(15-20)10-14-19/h2-3,9-10,13-14,16,18H,4-8,11-12H2,1H3/b3-2+. The minimum absolute atomic E-state index is 0.717. The molecule has 0 radical (unpaired) electrons. The zero-order valence-electron chi connectivity index (χ0n) is 12.5. The van der Waals surface area contributed by atoms with Crippen molar-refractivity contribution in [3.8, 4) is 6.07 Å². The van der Waals surface area contributed by atoms with E-state index in [2.05, 4.69) is 37.3 Å². The third-order valence-electron chi connectivity index (χ3n) is 4.58. The van der Waals surface area contributed by atoms with Gasteiger partial charge in [-0.1, -0.05) is 30.7 Å². The van der Waals surface area contributed by atoms with Gasteiger partial charge in [0.05, 0.1) is 11.6 Å². The van der Waals surface area contributed by atoms with Crippen LogP contribution in [0.15, 0.2) is 36.4 Å². The normalized spacial score (nSPS) is 22.8. The summed E-state index contributed by atoms with van der Waals surface area (Å²) in [5, 5.41) is 8.84. The fourth-order valence-electron chi connectivity index (χ4n) is 3.31. The third-order valence-corrected chi connectivity index (χ3v) is 4.58. The van der Waals surface area contributed by atoms with E-state index in [1.54, 1.807) is 0 Å². The van der Waals surface area contributed by atoms with E-state index in [-0.39, 0.29) is 0 Å². The van der Waals surface area contributed by atoms with Crippen LogP contribution in [0.4, 0.5) is 0 Å². The topological polar surface area (TPSA) is 23.8 Å². The summed E-state index contributed by atoms with van der Waals surface area (Å²) in [6.07, 6.45) is 13.8. The van der Waals surface area contributed by atoms with Crippen LogP contribution in [0.25, 0.3) is 0 Å². The Balaban J connectivity index is 1.77. The van der Waals surface area contributed by atoms with Crippen molar-refractivity contribution in [2.75, 3.05) is 0 Å². The second-order valence-corrected chi connectivity index (χ2v) is 5.95. The molecule has 1 saturated carbocycles. The average Bonchev–Trinajstić information content (AvgIpc) is 2.52. The molecule has 2 rings (SSSR count). The lowest BCUT2D eigenvalue weighted by atomic mass is 9.77. The van der Waals surface area contributed by atoms with Crippen LogP contribution in [-0.2, 0) is 0 Å². The van der Waals surface area contributed by atoms with Crippen LogP contribution < -0.4 is 0 Å². The number of unbranched alkanes of at least 4 members (excludes halogenated alkanes) is 1. The molecule has 1 heteroatoms. The maximum Gasteiger partial charge on any atom is 0.0991 e. The fourth-order valence-corrected chi connectivity index (χ4v) is 3.31. The number of benzene rings is 1. The molecule has 1 aliphatic carbocycles. The van der Waals surface area contributed by atoms with E-state index in [4.69, 9.17) is 5.26 Å². The SMILES string of the molecule is C/C=C/CCCC1CCC(c2ccc(C#N)cc2)CC1. The number of rotatable bonds is 5. The predicted molar refractivity (Wildman–Crippen MR) is 84.5 cm³/mol. The zero-order valence-corrected chi connectivity index (χ0v) is 12.5. The first kappa shape index (κ1) is 14.9. The molecule has 1 aliphatic rings. The van der Waals surface area contributed by atoms with Crippen LogP contribution in [0.3, 0.4) is 0 Å². The molecule has 0 N–H and O–H groups in total. The van der Waals surface area contributed by atoms with E-state index in [0.717, 1.165) is 17.4 Å². The van der Waals surface area contributed by atoms with Gasteiger partial charge in [0.1, 0.15) is 0 Å². The summed E-state index contributed by atoms with van der Waals surface area (Å²) >= 11 is 0. The molecule has 0 unspecified atom stereocenters. The highest BCUT2D eigenvalue weighted by atomic mass is 14.3. The summed E-state index contributed by atoms with van der Waals surface area (Å²) in [6, 6.07) is 10.4. The molecule has 0 amide bonds. The Morgan fingerprint density at radius 2 is 1.85 bits per heavy atom. The molecule has 0 bridgehead atoms. The van der Waals surface area contributed by atoms with Crippen molar-refractivity contribution in [3.05, 3.63) is 47.5 Å². The predicted octanol–water partition coefficient (Wildman–Crippen LogP) is 5.58. The zero-order chi connectivity index (χ0) is 14.2. The molecular weight excluding hydrogens is 242 g/mol. The van der Waals surface area contributed by atoms with Crippen LogP contribution >= 0.6 is 0 Å². The Hall–Kier alpha value is -1.55. The highest BCUT2D eigenvalue weighted by molar-refractivity contribution is 5.33. The first-order chi connectivity index (χ1) is 9.83. The van der Waals surface area contributed by atoms with E-state index in [1.807, 2.05) is 12.1 Å². The van der Waals surface area contributed by atoms with Gasteiger partial charge >= 0.3 is 0 Å². The quantitative estimate of drug-likeness (QED) is 0.504. The highest BCUT2D eigenvalue weighted by Crippen LogP contribution is 2.37. The number of hydrogen-bond acceptors (Lipinski definition) is 1. The van der Waals surface area contributed by atoms with Crippen molar-refractivity contribution < 1.29 is 0 Å². The highest BCUT2D eigenvalue weighted by Gasteiger charge is 2.21. The Morgan fingerprint density at radius 3 is 2.45 bits per heavy atom. The van der Waals surface area contributed by atoms with Crippen LogP contribution in [-0.4, -0.2) is 0 Å². The molecule has 1 nitrogen and oxygen atoms in total. The van der Waals surface area contributed by atoms with Gasteiger partial charge in [-0.05, 0) is 75.0 Å². The van der Waals surface area contributed by atoms with Crippen LogP contribution in [0.5, 0.6) is 0 Å². The summed E-state index contributed by atoms with van der Waals surface area (Å²) in [5.41, 5.74) is 2.20. The lowest BCUT2D eigenvalue weighted by molar-refractivity contribution is 0.305. The molecular formula is C19H25N. The lowest BCUT2D eigenvalue weighted by Gasteiger charge is -2.28. The van der Waals surface area contributed by atoms with Gasteiger partial charge in [0, 0.05) is 0 Å². The van der Waals surface area contributed by atoms with Gasteiger partial charge in [-0.15, -0.1) is 0 Å². The molecule has 0 spiro atoms. The van der Waals surface area contributed by atoms with Crippen LogP contribution in [0, 0.1) is 17.2 Å². The molecule has 20 heavy (non-hydrogen) atoms. The van der Waals surface area contributed by atoms with Crippen molar-refractivity contribution in [2.24, 2.45) is 5.92 Å². The monoisotopic (exact) mass is 267 g/mol. The van der Waals surface area contributed by atoms with Crippen molar-refractivity contribution in [2.45, 2.75) is 57.8 Å². The summed E-state index contributed by atoms with van der Waals surface area (Å²) in [6.45, 7) is 2.10. The van der Waals surface area contributed by atoms with Gasteiger partial charge in [-0.25, -0.2) is 0 Å². The second kappa shape index (κ2) is 7.90. The molecule has 0 saturated heterocycles. The Labute approximate surface area is 123 Å². The summed E-state index contributed by atoms with van der Waals surface area (Å²) in [4.78, 5) is 0. The Bertz CT molecular complexity index is 456. The largest absolute Gasteiger partial charge is 0.192 e. The number of nitrogens with zero attached hydrogens (tertiary/aromatic N) is 1. The molecule has 0 atom stereocenters. The maximum absolute atomic E-state index is 8.84. The van der Waals surface area contributed by atoms with Crippen molar-refractivity contribution >= 4 is 0 Å². The van der Waals surface area contributed by atoms with E-state index in [0.29, 0.717) is 0 Å². The van der Waals surface area contributed by atoms with Gasteiger partial charge < -0.3 is 0 Å². The molecule has 0 aromatic heterocycles. The van der Waals surface area contributed by atoms with Crippen LogP contribution in [0.1, 0.15) is 68.9 Å². The molecule has 106 valence electrons. The minimum Gasteiger partial charge on any atom is -0.192 e. The lowest BCUT2D eigenvalue weighted by Crippen LogP contribution is -2.13. The van der Waals surface area contributed by atoms with E-state index in [1.165, 1.54) is 50.5 Å². The van der Waals surface area contributed by atoms with Gasteiger partial charge in [0.2, 0.25) is 0 Å². The van der Waals surface area contributed by atoms with Gasteiger partial charge in [0.25, 0.3) is 0 Å². The Kier molecular flexibility index (Phi) is 5.87. The number of nitriles is 1. The third kappa shape index (κ3) is 4.23. The first-order valence-electron chi connectivity index (χ1n) is 7.94. The van der Waals surface area contributed by atoms with E-state index in [9.17, 15) is 0 Å². The molecule has 1 aromatic carbocycles. The van der Waals surface area contributed by atoms with Crippen LogP contribution in [0.2, 0.25) is 0 Å².